The van der Waals surface area contributed by atoms with Gasteiger partial charge in [0.15, 0.2) is 4.80 Å². The maximum Gasteiger partial charge on any atom is 0.279 e. The SMILES string of the molecule is Cc1ccc(S(=O)(=O)Nc2cccc(C(=O)N=c3sc4c5ccccc5ccc4n3C)c2)cc1. The van der Waals surface area contributed by atoms with Gasteiger partial charge in [0.2, 0.25) is 0 Å². The monoisotopic (exact) mass is 487 g/mol. The van der Waals surface area contributed by atoms with E-state index in [0.29, 0.717) is 16.1 Å². The highest BCUT2D eigenvalue weighted by molar-refractivity contribution is 7.92. The van der Waals surface area contributed by atoms with Crippen LogP contribution in [0.25, 0.3) is 21.0 Å². The lowest BCUT2D eigenvalue weighted by Crippen LogP contribution is -2.14. The molecule has 0 atom stereocenters. The van der Waals surface area contributed by atoms with Gasteiger partial charge in [0.1, 0.15) is 0 Å². The average Bonchev–Trinajstić information content (AvgIpc) is 3.15. The van der Waals surface area contributed by atoms with E-state index in [2.05, 4.69) is 27.9 Å². The molecular formula is C26H21N3O3S2. The Morgan fingerprint density at radius 2 is 1.71 bits per heavy atom. The minimum Gasteiger partial charge on any atom is -0.319 e. The van der Waals surface area contributed by atoms with Crippen LogP contribution in [0.15, 0.2) is 94.8 Å². The Bertz CT molecular complexity index is 1730. The van der Waals surface area contributed by atoms with Gasteiger partial charge in [0.05, 0.1) is 15.1 Å². The van der Waals surface area contributed by atoms with Crippen LogP contribution >= 0.6 is 11.3 Å². The molecule has 8 heteroatoms. The largest absolute Gasteiger partial charge is 0.319 e. The Balaban J connectivity index is 1.48. The first-order valence-corrected chi connectivity index (χ1v) is 12.9. The van der Waals surface area contributed by atoms with Gasteiger partial charge >= 0.3 is 0 Å². The van der Waals surface area contributed by atoms with Gasteiger partial charge in [0.25, 0.3) is 15.9 Å². The van der Waals surface area contributed by atoms with Gasteiger partial charge in [-0.15, -0.1) is 0 Å². The van der Waals surface area contributed by atoms with Crippen molar-refractivity contribution >= 4 is 53.9 Å². The zero-order chi connectivity index (χ0) is 23.9. The van der Waals surface area contributed by atoms with E-state index in [-0.39, 0.29) is 4.90 Å². The molecule has 0 fully saturated rings. The third kappa shape index (κ3) is 4.13. The molecule has 0 aliphatic carbocycles. The molecule has 1 N–H and O–H groups in total. The van der Waals surface area contributed by atoms with Crippen LogP contribution in [0.4, 0.5) is 5.69 Å². The van der Waals surface area contributed by atoms with Crippen molar-refractivity contribution in [3.8, 4) is 0 Å². The molecule has 1 heterocycles. The first-order valence-electron chi connectivity index (χ1n) is 10.6. The van der Waals surface area contributed by atoms with Crippen molar-refractivity contribution in [2.24, 2.45) is 12.0 Å². The van der Waals surface area contributed by atoms with E-state index in [4.69, 9.17) is 0 Å². The van der Waals surface area contributed by atoms with Crippen LogP contribution in [-0.2, 0) is 17.1 Å². The van der Waals surface area contributed by atoms with Gasteiger partial charge in [-0.1, -0.05) is 65.4 Å². The Morgan fingerprint density at radius 3 is 2.50 bits per heavy atom. The molecule has 4 aromatic carbocycles. The number of anilines is 1. The van der Waals surface area contributed by atoms with Crippen LogP contribution in [0.5, 0.6) is 0 Å². The number of rotatable bonds is 4. The van der Waals surface area contributed by atoms with E-state index < -0.39 is 15.9 Å². The van der Waals surface area contributed by atoms with Crippen molar-refractivity contribution in [3.63, 3.8) is 0 Å². The van der Waals surface area contributed by atoms with Crippen LogP contribution in [0.1, 0.15) is 15.9 Å². The number of hydrogen-bond donors (Lipinski definition) is 1. The highest BCUT2D eigenvalue weighted by Crippen LogP contribution is 2.27. The van der Waals surface area contributed by atoms with Gasteiger partial charge in [-0.25, -0.2) is 8.42 Å². The molecule has 0 spiro atoms. The fourth-order valence-corrected chi connectivity index (χ4v) is 5.96. The molecule has 0 radical (unpaired) electrons. The Kier molecular flexibility index (Phi) is 5.55. The van der Waals surface area contributed by atoms with Crippen molar-refractivity contribution in [2.75, 3.05) is 4.72 Å². The maximum absolute atomic E-state index is 13.0. The second kappa shape index (κ2) is 8.55. The number of aromatic nitrogens is 1. The first kappa shape index (κ1) is 22.1. The number of aryl methyl sites for hydroxylation is 2. The van der Waals surface area contributed by atoms with Gasteiger partial charge in [-0.05, 0) is 48.7 Å². The topological polar surface area (TPSA) is 80.5 Å². The van der Waals surface area contributed by atoms with Gasteiger partial charge in [-0.3, -0.25) is 9.52 Å². The number of fused-ring (bicyclic) bond motifs is 3. The van der Waals surface area contributed by atoms with Gasteiger partial charge in [0, 0.05) is 23.7 Å². The van der Waals surface area contributed by atoms with Gasteiger partial charge < -0.3 is 4.57 Å². The number of benzene rings is 4. The third-order valence-electron chi connectivity index (χ3n) is 5.59. The first-order chi connectivity index (χ1) is 16.3. The van der Waals surface area contributed by atoms with Crippen LogP contribution in [0.3, 0.4) is 0 Å². The summed E-state index contributed by atoms with van der Waals surface area (Å²) < 4.78 is 30.9. The Labute approximate surface area is 200 Å². The maximum atomic E-state index is 13.0. The Morgan fingerprint density at radius 1 is 0.941 bits per heavy atom. The molecule has 0 aliphatic rings. The molecule has 5 aromatic rings. The van der Waals surface area contributed by atoms with E-state index in [0.717, 1.165) is 26.6 Å². The standard InChI is InChI=1S/C26H21N3O3S2/c1-17-10-13-21(14-11-17)34(31,32)28-20-8-5-7-19(16-20)25(30)27-26-29(2)23-15-12-18-6-3-4-9-22(18)24(23)33-26/h3-16,28H,1-2H3. The summed E-state index contributed by atoms with van der Waals surface area (Å²) in [6, 6.07) is 25.1. The van der Waals surface area contributed by atoms with Gasteiger partial charge in [-0.2, -0.15) is 4.99 Å². The lowest BCUT2D eigenvalue weighted by molar-refractivity contribution is 0.0998. The number of amides is 1. The van der Waals surface area contributed by atoms with Crippen LogP contribution in [0.2, 0.25) is 0 Å². The number of carbonyl (C=O) groups is 1. The smallest absolute Gasteiger partial charge is 0.279 e. The summed E-state index contributed by atoms with van der Waals surface area (Å²) in [5.41, 5.74) is 2.56. The van der Waals surface area contributed by atoms with Crippen molar-refractivity contribution in [1.29, 1.82) is 0 Å². The highest BCUT2D eigenvalue weighted by Gasteiger charge is 2.15. The number of thiazole rings is 1. The van der Waals surface area contributed by atoms with Crippen molar-refractivity contribution in [1.82, 2.24) is 4.57 Å². The summed E-state index contributed by atoms with van der Waals surface area (Å²) in [6.07, 6.45) is 0. The second-order valence-corrected chi connectivity index (χ2v) is 10.7. The highest BCUT2D eigenvalue weighted by atomic mass is 32.2. The molecule has 6 nitrogen and oxygen atoms in total. The van der Waals surface area contributed by atoms with E-state index >= 15 is 0 Å². The molecule has 0 unspecified atom stereocenters. The molecule has 5 rings (SSSR count). The predicted molar refractivity (Wildman–Crippen MR) is 137 cm³/mol. The zero-order valence-electron chi connectivity index (χ0n) is 18.5. The van der Waals surface area contributed by atoms with E-state index in [9.17, 15) is 13.2 Å². The second-order valence-electron chi connectivity index (χ2n) is 7.99. The van der Waals surface area contributed by atoms with E-state index in [1.54, 1.807) is 42.5 Å². The molecule has 34 heavy (non-hydrogen) atoms. The summed E-state index contributed by atoms with van der Waals surface area (Å²) in [7, 11) is -1.89. The molecule has 0 saturated carbocycles. The lowest BCUT2D eigenvalue weighted by Gasteiger charge is -2.09. The fourth-order valence-electron chi connectivity index (χ4n) is 3.76. The normalized spacial score (nSPS) is 12.4. The van der Waals surface area contributed by atoms with E-state index in [1.165, 1.54) is 17.4 Å². The van der Waals surface area contributed by atoms with Crippen LogP contribution in [0, 0.1) is 6.92 Å². The summed E-state index contributed by atoms with van der Waals surface area (Å²) in [5.74, 6) is -0.442. The molecule has 1 aromatic heterocycles. The number of carbonyl (C=O) groups excluding carboxylic acids is 1. The summed E-state index contributed by atoms with van der Waals surface area (Å²) in [5, 5.41) is 2.24. The van der Waals surface area contributed by atoms with E-state index in [1.807, 2.05) is 36.7 Å². The summed E-state index contributed by atoms with van der Waals surface area (Å²) in [4.78, 5) is 18.1. The third-order valence-corrected chi connectivity index (χ3v) is 8.17. The molecular weight excluding hydrogens is 466 g/mol. The minimum atomic E-state index is -3.77. The molecule has 0 saturated heterocycles. The minimum absolute atomic E-state index is 0.157. The van der Waals surface area contributed by atoms with Crippen LogP contribution < -0.4 is 9.52 Å². The molecule has 0 bridgehead atoms. The number of hydrogen-bond acceptors (Lipinski definition) is 4. The zero-order valence-corrected chi connectivity index (χ0v) is 20.2. The summed E-state index contributed by atoms with van der Waals surface area (Å²) >= 11 is 1.45. The van der Waals surface area contributed by atoms with Crippen LogP contribution in [-0.4, -0.2) is 18.9 Å². The number of sulfonamides is 1. The lowest BCUT2D eigenvalue weighted by atomic mass is 10.1. The molecule has 1 amide bonds. The summed E-state index contributed by atoms with van der Waals surface area (Å²) in [6.45, 7) is 1.89. The fraction of sp³-hybridized carbons (Fsp3) is 0.0769. The quantitative estimate of drug-likeness (QED) is 0.376. The average molecular weight is 488 g/mol. The van der Waals surface area contributed by atoms with Crippen molar-refractivity contribution < 1.29 is 13.2 Å². The number of nitrogens with one attached hydrogen (secondary N) is 1. The van der Waals surface area contributed by atoms with Crippen molar-refractivity contribution in [3.05, 3.63) is 101 Å². The predicted octanol–water partition coefficient (Wildman–Crippen LogP) is 5.24. The Hall–Kier alpha value is -3.75. The molecule has 0 aliphatic heterocycles. The number of nitrogens with zero attached hydrogens (tertiary/aromatic N) is 2. The van der Waals surface area contributed by atoms with Crippen molar-refractivity contribution in [2.45, 2.75) is 11.8 Å². The molecule has 170 valence electrons.